The first kappa shape index (κ1) is 12.3. The molecule has 1 saturated carbocycles. The molecule has 1 saturated heterocycles. The molecule has 0 aromatic heterocycles. The minimum Gasteiger partial charge on any atom is -0.309 e. The van der Waals surface area contributed by atoms with Crippen molar-refractivity contribution in [2.75, 3.05) is 46.8 Å². The van der Waals surface area contributed by atoms with Gasteiger partial charge in [0.05, 0.1) is 0 Å². The monoisotopic (exact) mass is 225 g/mol. The van der Waals surface area contributed by atoms with Crippen LogP contribution in [0.2, 0.25) is 0 Å². The molecule has 2 rings (SSSR count). The van der Waals surface area contributed by atoms with Gasteiger partial charge in [-0.05, 0) is 46.4 Å². The Kier molecular flexibility index (Phi) is 4.22. The zero-order valence-corrected chi connectivity index (χ0v) is 11.0. The molecule has 1 heterocycles. The van der Waals surface area contributed by atoms with E-state index in [2.05, 4.69) is 29.2 Å². The molecule has 2 fully saturated rings. The summed E-state index contributed by atoms with van der Waals surface area (Å²) < 4.78 is 0. The van der Waals surface area contributed by atoms with Crippen LogP contribution in [0.25, 0.3) is 0 Å². The highest BCUT2D eigenvalue weighted by Gasteiger charge is 2.37. The van der Waals surface area contributed by atoms with E-state index in [1.165, 1.54) is 64.8 Å². The summed E-state index contributed by atoms with van der Waals surface area (Å²) >= 11 is 0. The van der Waals surface area contributed by atoms with Gasteiger partial charge in [-0.1, -0.05) is 12.8 Å². The zero-order chi connectivity index (χ0) is 11.4. The van der Waals surface area contributed by atoms with Crippen LogP contribution in [0.3, 0.4) is 0 Å². The van der Waals surface area contributed by atoms with Crippen LogP contribution in [0.4, 0.5) is 0 Å². The highest BCUT2D eigenvalue weighted by Crippen LogP contribution is 2.31. The van der Waals surface area contributed by atoms with Gasteiger partial charge < -0.3 is 15.1 Å². The summed E-state index contributed by atoms with van der Waals surface area (Å²) in [6, 6.07) is 0. The van der Waals surface area contributed by atoms with Crippen LogP contribution in [-0.4, -0.2) is 62.2 Å². The van der Waals surface area contributed by atoms with Crippen molar-refractivity contribution < 1.29 is 0 Å². The number of rotatable bonds is 4. The molecule has 0 amide bonds. The molecular weight excluding hydrogens is 198 g/mol. The molecule has 0 atom stereocenters. The SMILES string of the molecule is CN(C)CCCN1CCNC2(CCCC2)C1. The van der Waals surface area contributed by atoms with Crippen molar-refractivity contribution in [3.8, 4) is 0 Å². The summed E-state index contributed by atoms with van der Waals surface area (Å²) in [6.07, 6.45) is 6.97. The Morgan fingerprint density at radius 3 is 2.69 bits per heavy atom. The smallest absolute Gasteiger partial charge is 0.0309 e. The second-order valence-corrected chi connectivity index (χ2v) is 5.85. The third-order valence-corrected chi connectivity index (χ3v) is 4.09. The lowest BCUT2D eigenvalue weighted by Crippen LogP contribution is -2.59. The second kappa shape index (κ2) is 5.48. The molecule has 1 spiro atoms. The van der Waals surface area contributed by atoms with Crippen molar-refractivity contribution in [3.63, 3.8) is 0 Å². The first-order valence-corrected chi connectivity index (χ1v) is 6.82. The van der Waals surface area contributed by atoms with Crippen molar-refractivity contribution in [1.29, 1.82) is 0 Å². The average Bonchev–Trinajstić information content (AvgIpc) is 2.66. The maximum atomic E-state index is 3.77. The summed E-state index contributed by atoms with van der Waals surface area (Å²) in [7, 11) is 4.33. The molecule has 0 aromatic rings. The normalized spacial score (nSPS) is 25.7. The Hall–Kier alpha value is -0.120. The fourth-order valence-corrected chi connectivity index (χ4v) is 3.23. The standard InChI is InChI=1S/C13H27N3/c1-15(2)9-5-10-16-11-8-14-13(12-16)6-3-4-7-13/h14H,3-12H2,1-2H3. The van der Waals surface area contributed by atoms with E-state index in [1.54, 1.807) is 0 Å². The quantitative estimate of drug-likeness (QED) is 0.774. The molecule has 16 heavy (non-hydrogen) atoms. The summed E-state index contributed by atoms with van der Waals surface area (Å²) in [6.45, 7) is 6.23. The van der Waals surface area contributed by atoms with Crippen LogP contribution in [0, 0.1) is 0 Å². The fourth-order valence-electron chi connectivity index (χ4n) is 3.23. The summed E-state index contributed by atoms with van der Waals surface area (Å²) in [4.78, 5) is 4.96. The van der Waals surface area contributed by atoms with Crippen molar-refractivity contribution in [1.82, 2.24) is 15.1 Å². The van der Waals surface area contributed by atoms with E-state index in [1.807, 2.05) is 0 Å². The molecule has 1 aliphatic heterocycles. The third kappa shape index (κ3) is 3.19. The Labute approximate surface area is 100 Å². The Morgan fingerprint density at radius 2 is 2.00 bits per heavy atom. The van der Waals surface area contributed by atoms with Gasteiger partial charge in [0.2, 0.25) is 0 Å². The van der Waals surface area contributed by atoms with E-state index in [0.29, 0.717) is 5.54 Å². The van der Waals surface area contributed by atoms with E-state index >= 15 is 0 Å². The van der Waals surface area contributed by atoms with E-state index in [9.17, 15) is 0 Å². The highest BCUT2D eigenvalue weighted by molar-refractivity contribution is 4.98. The van der Waals surface area contributed by atoms with E-state index < -0.39 is 0 Å². The van der Waals surface area contributed by atoms with Gasteiger partial charge >= 0.3 is 0 Å². The van der Waals surface area contributed by atoms with Crippen LogP contribution in [-0.2, 0) is 0 Å². The number of hydrogen-bond donors (Lipinski definition) is 1. The Balaban J connectivity index is 1.74. The van der Waals surface area contributed by atoms with Gasteiger partial charge in [0.25, 0.3) is 0 Å². The molecule has 3 heteroatoms. The lowest BCUT2D eigenvalue weighted by Gasteiger charge is -2.41. The van der Waals surface area contributed by atoms with E-state index in [0.717, 1.165) is 0 Å². The summed E-state index contributed by atoms with van der Waals surface area (Å²) in [5.41, 5.74) is 0.496. The summed E-state index contributed by atoms with van der Waals surface area (Å²) in [5.74, 6) is 0. The maximum Gasteiger partial charge on any atom is 0.0309 e. The van der Waals surface area contributed by atoms with Crippen LogP contribution < -0.4 is 5.32 Å². The van der Waals surface area contributed by atoms with Crippen LogP contribution in [0.5, 0.6) is 0 Å². The second-order valence-electron chi connectivity index (χ2n) is 5.85. The van der Waals surface area contributed by atoms with E-state index in [-0.39, 0.29) is 0 Å². The molecule has 3 nitrogen and oxygen atoms in total. The molecular formula is C13H27N3. The van der Waals surface area contributed by atoms with Gasteiger partial charge in [-0.25, -0.2) is 0 Å². The van der Waals surface area contributed by atoms with Gasteiger partial charge in [0.1, 0.15) is 0 Å². The van der Waals surface area contributed by atoms with Crippen molar-refractivity contribution in [2.24, 2.45) is 0 Å². The molecule has 0 radical (unpaired) electrons. The van der Waals surface area contributed by atoms with Crippen molar-refractivity contribution in [2.45, 2.75) is 37.6 Å². The zero-order valence-electron chi connectivity index (χ0n) is 11.0. The fraction of sp³-hybridized carbons (Fsp3) is 1.00. The Bertz CT molecular complexity index is 209. The van der Waals surface area contributed by atoms with Crippen LogP contribution >= 0.6 is 0 Å². The first-order valence-electron chi connectivity index (χ1n) is 6.82. The molecule has 0 aromatic carbocycles. The molecule has 1 N–H and O–H groups in total. The van der Waals surface area contributed by atoms with Crippen LogP contribution in [0.15, 0.2) is 0 Å². The number of nitrogens with zero attached hydrogens (tertiary/aromatic N) is 2. The van der Waals surface area contributed by atoms with Gasteiger partial charge in [-0.15, -0.1) is 0 Å². The maximum absolute atomic E-state index is 3.77. The topological polar surface area (TPSA) is 18.5 Å². The van der Waals surface area contributed by atoms with Gasteiger partial charge in [-0.2, -0.15) is 0 Å². The predicted octanol–water partition coefficient (Wildman–Crippen LogP) is 1.16. The van der Waals surface area contributed by atoms with E-state index in [4.69, 9.17) is 0 Å². The van der Waals surface area contributed by atoms with Gasteiger partial charge in [0, 0.05) is 25.2 Å². The minimum absolute atomic E-state index is 0.496. The summed E-state index contributed by atoms with van der Waals surface area (Å²) in [5, 5.41) is 3.77. The highest BCUT2D eigenvalue weighted by atomic mass is 15.2. The number of hydrogen-bond acceptors (Lipinski definition) is 3. The van der Waals surface area contributed by atoms with Crippen molar-refractivity contribution in [3.05, 3.63) is 0 Å². The van der Waals surface area contributed by atoms with Crippen LogP contribution in [0.1, 0.15) is 32.1 Å². The average molecular weight is 225 g/mol. The lowest BCUT2D eigenvalue weighted by atomic mass is 9.94. The Morgan fingerprint density at radius 1 is 1.25 bits per heavy atom. The van der Waals surface area contributed by atoms with Gasteiger partial charge in [-0.3, -0.25) is 0 Å². The predicted molar refractivity (Wildman–Crippen MR) is 68.8 cm³/mol. The largest absolute Gasteiger partial charge is 0.309 e. The number of piperazine rings is 1. The molecule has 0 unspecified atom stereocenters. The van der Waals surface area contributed by atoms with Crippen molar-refractivity contribution >= 4 is 0 Å². The molecule has 94 valence electrons. The number of nitrogens with one attached hydrogen (secondary N) is 1. The van der Waals surface area contributed by atoms with Gasteiger partial charge in [0.15, 0.2) is 0 Å². The first-order chi connectivity index (χ1) is 7.70. The minimum atomic E-state index is 0.496. The lowest BCUT2D eigenvalue weighted by molar-refractivity contribution is 0.131. The molecule has 1 aliphatic carbocycles. The third-order valence-electron chi connectivity index (χ3n) is 4.09. The molecule has 0 bridgehead atoms. The molecule has 2 aliphatic rings.